The van der Waals surface area contributed by atoms with Crippen molar-refractivity contribution >= 4 is 6.09 Å². The van der Waals surface area contributed by atoms with Crippen molar-refractivity contribution in [3.8, 4) is 5.75 Å². The summed E-state index contributed by atoms with van der Waals surface area (Å²) in [4.78, 5) is 17.6. The van der Waals surface area contributed by atoms with E-state index in [2.05, 4.69) is 18.7 Å². The molecule has 2 aromatic rings. The number of ether oxygens (including phenoxy) is 1. The molecule has 4 atom stereocenters. The largest absolute Gasteiger partial charge is 0.417 e. The average molecular weight is 573 g/mol. The molecule has 224 valence electrons. The number of hydrogen-bond donors (Lipinski definition) is 1. The van der Waals surface area contributed by atoms with Gasteiger partial charge in [0.25, 0.3) is 0 Å². The van der Waals surface area contributed by atoms with Crippen LogP contribution in [0.3, 0.4) is 0 Å². The molecule has 41 heavy (non-hydrogen) atoms. The Hall–Kier alpha value is -2.58. The summed E-state index contributed by atoms with van der Waals surface area (Å²) in [6, 6.07) is 15.7. The van der Waals surface area contributed by atoms with Crippen LogP contribution in [0.25, 0.3) is 0 Å². The van der Waals surface area contributed by atoms with Crippen molar-refractivity contribution in [2.24, 2.45) is 5.92 Å². The van der Waals surface area contributed by atoms with Gasteiger partial charge in [0.1, 0.15) is 5.75 Å². The minimum Gasteiger partial charge on any atom is -0.410 e. The number of fused-ring (bicyclic) bond motifs is 3. The lowest BCUT2D eigenvalue weighted by atomic mass is 9.52. The Kier molecular flexibility index (Phi) is 8.72. The van der Waals surface area contributed by atoms with Gasteiger partial charge in [-0.15, -0.1) is 0 Å². The van der Waals surface area contributed by atoms with Crippen LogP contribution in [0.2, 0.25) is 0 Å². The van der Waals surface area contributed by atoms with Crippen molar-refractivity contribution in [3.63, 3.8) is 0 Å². The third-order valence-corrected chi connectivity index (χ3v) is 10.0. The van der Waals surface area contributed by atoms with Gasteiger partial charge in [-0.3, -0.25) is 0 Å². The summed E-state index contributed by atoms with van der Waals surface area (Å²) in [7, 11) is 0. The molecule has 0 aromatic heterocycles. The molecule has 0 bridgehead atoms. The van der Waals surface area contributed by atoms with Crippen molar-refractivity contribution in [2.45, 2.75) is 94.9 Å². The van der Waals surface area contributed by atoms with Crippen LogP contribution >= 0.6 is 0 Å². The van der Waals surface area contributed by atoms with E-state index in [1.807, 2.05) is 47.4 Å². The van der Waals surface area contributed by atoms with E-state index < -0.39 is 17.2 Å². The molecule has 2 fully saturated rings. The molecule has 1 aliphatic heterocycles. The predicted octanol–water partition coefficient (Wildman–Crippen LogP) is 6.90. The zero-order valence-corrected chi connectivity index (χ0v) is 24.3. The number of amides is 1. The Balaban J connectivity index is 1.40. The van der Waals surface area contributed by atoms with Gasteiger partial charge >= 0.3 is 12.3 Å². The minimum atomic E-state index is -4.65. The molecule has 5 rings (SSSR count). The number of rotatable bonds is 7. The predicted molar refractivity (Wildman–Crippen MR) is 153 cm³/mol. The number of aryl methyl sites for hydroxylation is 1. The van der Waals surface area contributed by atoms with Gasteiger partial charge in [0.05, 0.1) is 0 Å². The molecular formula is C33H43F3N2O3. The molecule has 8 heteroatoms. The van der Waals surface area contributed by atoms with E-state index in [0.29, 0.717) is 31.6 Å². The Morgan fingerprint density at radius 3 is 2.54 bits per heavy atom. The lowest BCUT2D eigenvalue weighted by Gasteiger charge is -2.53. The van der Waals surface area contributed by atoms with Crippen LogP contribution in [-0.4, -0.2) is 65.0 Å². The molecule has 1 heterocycles. The maximum absolute atomic E-state index is 13.9. The van der Waals surface area contributed by atoms with Gasteiger partial charge in [-0.2, -0.15) is 13.2 Å². The first-order valence-electron chi connectivity index (χ1n) is 15.3. The van der Waals surface area contributed by atoms with E-state index in [9.17, 15) is 23.1 Å². The Bertz CT molecular complexity index is 1200. The number of carbonyl (C=O) groups excluding carboxylic acids is 1. The molecule has 5 nitrogen and oxygen atoms in total. The van der Waals surface area contributed by atoms with Crippen LogP contribution in [0.15, 0.2) is 48.5 Å². The SMILES string of the molecule is CCN(CC)CC1CCCCN1C(=O)Oc1ccc2c(c1)CCC1C[C@@](O)(C(F)(F)F)CC[C@@]21Cc1ccccc1. The molecular weight excluding hydrogens is 529 g/mol. The summed E-state index contributed by atoms with van der Waals surface area (Å²) in [5, 5.41) is 10.7. The molecule has 2 unspecified atom stereocenters. The number of nitrogens with zero attached hydrogens (tertiary/aromatic N) is 2. The van der Waals surface area contributed by atoms with Gasteiger partial charge in [-0.25, -0.2) is 4.79 Å². The molecule has 1 saturated heterocycles. The van der Waals surface area contributed by atoms with Gasteiger partial charge in [-0.05, 0) is 106 Å². The number of benzene rings is 2. The average Bonchev–Trinajstić information content (AvgIpc) is 2.96. The van der Waals surface area contributed by atoms with Crippen molar-refractivity contribution in [1.82, 2.24) is 9.80 Å². The van der Waals surface area contributed by atoms with Crippen molar-refractivity contribution in [1.29, 1.82) is 0 Å². The number of alkyl halides is 3. The van der Waals surface area contributed by atoms with Crippen LogP contribution in [0.5, 0.6) is 5.75 Å². The van der Waals surface area contributed by atoms with Crippen molar-refractivity contribution in [2.75, 3.05) is 26.2 Å². The van der Waals surface area contributed by atoms with E-state index in [0.717, 1.165) is 55.6 Å². The fourth-order valence-corrected chi connectivity index (χ4v) is 7.64. The quantitative estimate of drug-likeness (QED) is 0.392. The molecule has 2 aliphatic carbocycles. The number of carbonyl (C=O) groups is 1. The molecule has 1 N–H and O–H groups in total. The highest BCUT2D eigenvalue weighted by molar-refractivity contribution is 5.71. The van der Waals surface area contributed by atoms with E-state index >= 15 is 0 Å². The zero-order chi connectivity index (χ0) is 29.3. The summed E-state index contributed by atoms with van der Waals surface area (Å²) in [5.41, 5.74) is -0.0441. The summed E-state index contributed by atoms with van der Waals surface area (Å²) < 4.78 is 47.6. The van der Waals surface area contributed by atoms with E-state index in [1.165, 1.54) is 0 Å². The first kappa shape index (κ1) is 29.9. The number of halogens is 3. The second-order valence-electron chi connectivity index (χ2n) is 12.3. The first-order chi connectivity index (χ1) is 19.6. The minimum absolute atomic E-state index is 0.123. The van der Waals surface area contributed by atoms with Crippen molar-refractivity contribution < 1.29 is 27.8 Å². The van der Waals surface area contributed by atoms with Crippen LogP contribution in [0.1, 0.15) is 75.5 Å². The maximum Gasteiger partial charge on any atom is 0.417 e. The van der Waals surface area contributed by atoms with Crippen molar-refractivity contribution in [3.05, 3.63) is 65.2 Å². The standard InChI is InChI=1S/C33H43F3N2O3/c1-3-37(4-2)23-27-12-8-9-19-38(27)30(39)41-28-15-16-29-25(20-28)13-14-26-22-32(40,33(34,35)36)18-17-31(26,29)21-24-10-6-5-7-11-24/h5-7,10-11,15-16,20,26-27,40H,3-4,8-9,12-14,17-19,21-23H2,1-2H3/t26?,27?,31-,32+/m0/s1. The van der Waals surface area contributed by atoms with Gasteiger partial charge in [0.2, 0.25) is 0 Å². The van der Waals surface area contributed by atoms with Crippen LogP contribution in [0, 0.1) is 5.92 Å². The summed E-state index contributed by atoms with van der Waals surface area (Å²) in [6.07, 6.45) is -0.577. The highest BCUT2D eigenvalue weighted by atomic mass is 19.4. The Labute approximate surface area is 241 Å². The third kappa shape index (κ3) is 6.00. The van der Waals surface area contributed by atoms with E-state index in [-0.39, 0.29) is 37.3 Å². The number of likely N-dealkylation sites (N-methyl/N-ethyl adjacent to an activating group) is 1. The highest BCUT2D eigenvalue weighted by Crippen LogP contribution is 2.57. The second kappa shape index (κ2) is 12.0. The molecule has 3 aliphatic rings. The highest BCUT2D eigenvalue weighted by Gasteiger charge is 2.61. The van der Waals surface area contributed by atoms with E-state index in [4.69, 9.17) is 4.74 Å². The van der Waals surface area contributed by atoms with Crippen LogP contribution in [-0.2, 0) is 18.3 Å². The van der Waals surface area contributed by atoms with Gasteiger partial charge < -0.3 is 19.6 Å². The number of aliphatic hydroxyl groups is 1. The zero-order valence-electron chi connectivity index (χ0n) is 24.3. The smallest absolute Gasteiger partial charge is 0.410 e. The van der Waals surface area contributed by atoms with Gasteiger partial charge in [0, 0.05) is 24.5 Å². The molecule has 0 radical (unpaired) electrons. The topological polar surface area (TPSA) is 53.0 Å². The number of likely N-dealkylation sites (tertiary alicyclic amines) is 1. The monoisotopic (exact) mass is 572 g/mol. The fraction of sp³-hybridized carbons (Fsp3) is 0.606. The number of piperidine rings is 1. The normalized spacial score (nSPS) is 28.2. The van der Waals surface area contributed by atoms with E-state index in [1.54, 1.807) is 6.07 Å². The second-order valence-corrected chi connectivity index (χ2v) is 12.3. The van der Waals surface area contributed by atoms with Gasteiger partial charge in [-0.1, -0.05) is 50.2 Å². The van der Waals surface area contributed by atoms with Crippen LogP contribution in [0.4, 0.5) is 18.0 Å². The summed E-state index contributed by atoms with van der Waals surface area (Å²) >= 11 is 0. The Morgan fingerprint density at radius 2 is 1.83 bits per heavy atom. The molecule has 2 aromatic carbocycles. The molecule has 0 spiro atoms. The lowest BCUT2D eigenvalue weighted by Crippen LogP contribution is -2.56. The Morgan fingerprint density at radius 1 is 1.07 bits per heavy atom. The molecule has 1 saturated carbocycles. The first-order valence-corrected chi connectivity index (χ1v) is 15.3. The maximum atomic E-state index is 13.9. The molecule has 1 amide bonds. The summed E-state index contributed by atoms with van der Waals surface area (Å²) in [5.74, 6) is 0.176. The summed E-state index contributed by atoms with van der Waals surface area (Å²) in [6.45, 7) is 7.65. The number of hydrogen-bond acceptors (Lipinski definition) is 4. The fourth-order valence-electron chi connectivity index (χ4n) is 7.64. The third-order valence-electron chi connectivity index (χ3n) is 10.0. The van der Waals surface area contributed by atoms with Gasteiger partial charge in [0.15, 0.2) is 5.60 Å². The van der Waals surface area contributed by atoms with Crippen LogP contribution < -0.4 is 4.74 Å². The lowest BCUT2D eigenvalue weighted by molar-refractivity contribution is -0.279.